The number of fused-ring (bicyclic) bond motifs is 1. The number of carboxylic acid groups (broad SMARTS) is 1. The highest BCUT2D eigenvalue weighted by Gasteiger charge is 2.23. The Labute approximate surface area is 121 Å². The second kappa shape index (κ2) is 4.78. The number of aromatic nitrogens is 3. The Bertz CT molecular complexity index is 786. The Morgan fingerprint density at radius 2 is 2.00 bits per heavy atom. The van der Waals surface area contributed by atoms with Crippen LogP contribution in [0.25, 0.3) is 11.0 Å². The van der Waals surface area contributed by atoms with E-state index < -0.39 is 21.6 Å². The number of nitrogens with zero attached hydrogens (tertiary/aromatic N) is 3. The molecule has 0 amide bonds. The Morgan fingerprint density at radius 3 is 2.53 bits per heavy atom. The number of rotatable bonds is 3. The van der Waals surface area contributed by atoms with Gasteiger partial charge in [0.1, 0.15) is 22.5 Å². The van der Waals surface area contributed by atoms with Gasteiger partial charge in [0.25, 0.3) is 9.05 Å². The molecule has 0 aliphatic heterocycles. The lowest BCUT2D eigenvalue weighted by Crippen LogP contribution is -2.08. The molecule has 0 bridgehead atoms. The predicted octanol–water partition coefficient (Wildman–Crippen LogP) is 1.75. The van der Waals surface area contributed by atoms with Crippen molar-refractivity contribution in [1.82, 2.24) is 14.5 Å². The molecule has 19 heavy (non-hydrogen) atoms. The van der Waals surface area contributed by atoms with Crippen molar-refractivity contribution in [3.63, 3.8) is 0 Å². The summed E-state index contributed by atoms with van der Waals surface area (Å²) in [5, 5.41) is 8.34. The summed E-state index contributed by atoms with van der Waals surface area (Å²) in [5.74, 6) is -1.19. The van der Waals surface area contributed by atoms with Gasteiger partial charge in [-0.1, -0.05) is 11.6 Å². The van der Waals surface area contributed by atoms with E-state index in [1.807, 2.05) is 0 Å². The summed E-state index contributed by atoms with van der Waals surface area (Å²) in [4.78, 5) is 17.7. The van der Waals surface area contributed by atoms with Gasteiger partial charge in [0, 0.05) is 16.9 Å². The molecule has 1 N–H and O–H groups in total. The number of aliphatic carboxylic acids is 1. The van der Waals surface area contributed by atoms with Gasteiger partial charge in [-0.25, -0.2) is 18.4 Å². The molecule has 0 saturated heterocycles. The number of halogens is 3. The smallest absolute Gasteiger partial charge is 0.323 e. The molecule has 0 aliphatic rings. The van der Waals surface area contributed by atoms with E-state index in [1.54, 1.807) is 0 Å². The van der Waals surface area contributed by atoms with Crippen LogP contribution in [0.4, 0.5) is 0 Å². The number of carboxylic acids is 1. The van der Waals surface area contributed by atoms with Crippen molar-refractivity contribution in [2.75, 3.05) is 0 Å². The number of carbonyl (C=O) groups is 1. The highest BCUT2D eigenvalue weighted by molar-refractivity contribution is 8.14. The maximum absolute atomic E-state index is 11.4. The average molecular weight is 345 g/mol. The van der Waals surface area contributed by atoms with Crippen LogP contribution in [0.15, 0.2) is 11.1 Å². The molecule has 7 nitrogen and oxygen atoms in total. The van der Waals surface area contributed by atoms with Gasteiger partial charge in [-0.15, -0.1) is 0 Å². The quantitative estimate of drug-likeness (QED) is 0.517. The van der Waals surface area contributed by atoms with Crippen LogP contribution in [-0.4, -0.2) is 34.0 Å². The third-order valence-electron chi connectivity index (χ3n) is 2.18. The van der Waals surface area contributed by atoms with Crippen molar-refractivity contribution < 1.29 is 18.3 Å². The van der Waals surface area contributed by atoms with E-state index in [2.05, 4.69) is 9.97 Å². The maximum atomic E-state index is 11.4. The molecule has 0 unspecified atom stereocenters. The van der Waals surface area contributed by atoms with Gasteiger partial charge in [-0.3, -0.25) is 4.79 Å². The molecule has 0 spiro atoms. The number of hydrogen-bond acceptors (Lipinski definition) is 5. The van der Waals surface area contributed by atoms with Crippen LogP contribution in [-0.2, 0) is 20.4 Å². The second-order valence-electron chi connectivity index (χ2n) is 3.43. The standard InChI is InChI=1S/C8H4Cl3N3O4S/c9-7-6-5(12-8(10)13-7)3(19(11,17)18)1-14(6)2-4(15)16/h1H,2H2,(H,15,16). The Hall–Kier alpha value is -1.09. The minimum atomic E-state index is -4.13. The molecule has 2 heterocycles. The molecule has 2 rings (SSSR count). The second-order valence-corrected chi connectivity index (χ2v) is 6.66. The van der Waals surface area contributed by atoms with Gasteiger partial charge >= 0.3 is 5.97 Å². The van der Waals surface area contributed by atoms with E-state index in [9.17, 15) is 13.2 Å². The molecule has 0 fully saturated rings. The van der Waals surface area contributed by atoms with E-state index in [0.29, 0.717) is 0 Å². The normalized spacial score (nSPS) is 11.9. The fourth-order valence-electron chi connectivity index (χ4n) is 1.54. The largest absolute Gasteiger partial charge is 0.480 e. The minimum Gasteiger partial charge on any atom is -0.480 e. The van der Waals surface area contributed by atoms with Crippen molar-refractivity contribution in [1.29, 1.82) is 0 Å². The van der Waals surface area contributed by atoms with Crippen LogP contribution < -0.4 is 0 Å². The SMILES string of the molecule is O=C(O)Cn1cc(S(=O)(=O)Cl)c2nc(Cl)nc(Cl)c21. The minimum absolute atomic E-state index is 0.0349. The molecule has 0 atom stereocenters. The van der Waals surface area contributed by atoms with Crippen LogP contribution in [0.5, 0.6) is 0 Å². The molecule has 11 heteroatoms. The summed E-state index contributed by atoms with van der Waals surface area (Å²) in [5.41, 5.74) is -0.0889. The molecule has 2 aromatic heterocycles. The molecular weight excluding hydrogens is 341 g/mol. The van der Waals surface area contributed by atoms with Gasteiger partial charge in [0.05, 0.1) is 0 Å². The first-order valence-electron chi connectivity index (χ1n) is 4.58. The zero-order chi connectivity index (χ0) is 14.4. The number of hydrogen-bond donors (Lipinski definition) is 1. The summed E-state index contributed by atoms with van der Waals surface area (Å²) in [6.07, 6.45) is 1.03. The van der Waals surface area contributed by atoms with Crippen LogP contribution in [0, 0.1) is 0 Å². The molecule has 102 valence electrons. The maximum Gasteiger partial charge on any atom is 0.323 e. The van der Waals surface area contributed by atoms with E-state index >= 15 is 0 Å². The first-order chi connectivity index (χ1) is 8.70. The third kappa shape index (κ3) is 2.76. The lowest BCUT2D eigenvalue weighted by atomic mass is 10.4. The van der Waals surface area contributed by atoms with Gasteiger partial charge in [0.15, 0.2) is 5.15 Å². The highest BCUT2D eigenvalue weighted by atomic mass is 35.7. The molecule has 0 aromatic carbocycles. The van der Waals surface area contributed by atoms with E-state index in [-0.39, 0.29) is 26.4 Å². The zero-order valence-electron chi connectivity index (χ0n) is 8.84. The van der Waals surface area contributed by atoms with Crippen molar-refractivity contribution in [3.05, 3.63) is 16.6 Å². The van der Waals surface area contributed by atoms with Gasteiger partial charge in [0.2, 0.25) is 5.28 Å². The Kier molecular flexibility index (Phi) is 3.61. The summed E-state index contributed by atoms with van der Waals surface area (Å²) >= 11 is 11.4. The first kappa shape index (κ1) is 14.3. The van der Waals surface area contributed by atoms with Crippen molar-refractivity contribution in [3.8, 4) is 0 Å². The predicted molar refractivity (Wildman–Crippen MR) is 68.2 cm³/mol. The van der Waals surface area contributed by atoms with Crippen LogP contribution >= 0.6 is 33.9 Å². The van der Waals surface area contributed by atoms with E-state index in [4.69, 9.17) is 39.0 Å². The highest BCUT2D eigenvalue weighted by Crippen LogP contribution is 2.31. The fraction of sp³-hybridized carbons (Fsp3) is 0.125. The molecule has 2 aromatic rings. The van der Waals surface area contributed by atoms with Crippen LogP contribution in [0.3, 0.4) is 0 Å². The van der Waals surface area contributed by atoms with Gasteiger partial charge in [-0.05, 0) is 11.6 Å². The van der Waals surface area contributed by atoms with Gasteiger partial charge in [-0.2, -0.15) is 0 Å². The fourth-order valence-corrected chi connectivity index (χ4v) is 3.00. The van der Waals surface area contributed by atoms with Crippen LogP contribution in [0.1, 0.15) is 0 Å². The summed E-state index contributed by atoms with van der Waals surface area (Å²) in [6.45, 7) is -0.520. The summed E-state index contributed by atoms with van der Waals surface area (Å²) in [7, 11) is 1.13. The summed E-state index contributed by atoms with van der Waals surface area (Å²) < 4.78 is 23.9. The van der Waals surface area contributed by atoms with Crippen LogP contribution in [0.2, 0.25) is 10.4 Å². The first-order valence-corrected chi connectivity index (χ1v) is 7.65. The van der Waals surface area contributed by atoms with Crippen molar-refractivity contribution >= 4 is 59.9 Å². The summed E-state index contributed by atoms with van der Waals surface area (Å²) in [6, 6.07) is 0. The zero-order valence-corrected chi connectivity index (χ0v) is 11.9. The van der Waals surface area contributed by atoms with Crippen molar-refractivity contribution in [2.45, 2.75) is 11.4 Å². The lowest BCUT2D eigenvalue weighted by molar-refractivity contribution is -0.137. The van der Waals surface area contributed by atoms with Gasteiger partial charge < -0.3 is 9.67 Å². The van der Waals surface area contributed by atoms with Crippen molar-refractivity contribution in [2.24, 2.45) is 0 Å². The molecule has 0 radical (unpaired) electrons. The average Bonchev–Trinajstić information content (AvgIpc) is 2.55. The molecule has 0 saturated carbocycles. The Balaban J connectivity index is 2.89. The topological polar surface area (TPSA) is 102 Å². The third-order valence-corrected chi connectivity index (χ3v) is 3.93. The van der Waals surface area contributed by atoms with E-state index in [0.717, 1.165) is 10.8 Å². The lowest BCUT2D eigenvalue weighted by Gasteiger charge is -2.01. The molecule has 0 aliphatic carbocycles. The Morgan fingerprint density at radius 1 is 1.37 bits per heavy atom. The monoisotopic (exact) mass is 343 g/mol. The van der Waals surface area contributed by atoms with E-state index in [1.165, 1.54) is 0 Å². The molecular formula is C8H4Cl3N3O4S.